The third-order valence-corrected chi connectivity index (χ3v) is 10.8. The van der Waals surface area contributed by atoms with Crippen LogP contribution in [0.15, 0.2) is 47.9 Å². The number of benzene rings is 1. The molecule has 3 aliphatic rings. The summed E-state index contributed by atoms with van der Waals surface area (Å²) in [4.78, 5) is 51.7. The maximum absolute atomic E-state index is 12.5. The fraction of sp³-hybridized carbons (Fsp3) is 0.541. The van der Waals surface area contributed by atoms with E-state index in [1.807, 2.05) is 45.2 Å². The minimum atomic E-state index is -1.14. The predicted octanol–water partition coefficient (Wildman–Crippen LogP) is 4.31. The number of aryl methyl sites for hydroxylation is 2. The van der Waals surface area contributed by atoms with E-state index in [1.54, 1.807) is 35.7 Å². The zero-order chi connectivity index (χ0) is 37.1. The third kappa shape index (κ3) is 10.8. The van der Waals surface area contributed by atoms with Crippen LogP contribution in [-0.2, 0) is 30.1 Å². The van der Waals surface area contributed by atoms with Gasteiger partial charge in [-0.1, -0.05) is 6.08 Å². The van der Waals surface area contributed by atoms with Gasteiger partial charge in [0.1, 0.15) is 34.7 Å². The first-order chi connectivity index (χ1) is 24.4. The van der Waals surface area contributed by atoms with Crippen molar-refractivity contribution in [3.05, 3.63) is 64.6 Å². The number of rotatable bonds is 14. The van der Waals surface area contributed by atoms with Gasteiger partial charge in [-0.15, -0.1) is 6.58 Å². The second kappa shape index (κ2) is 18.3. The van der Waals surface area contributed by atoms with Gasteiger partial charge in [0.2, 0.25) is 12.3 Å². The topological polar surface area (TPSA) is 165 Å². The van der Waals surface area contributed by atoms with Gasteiger partial charge in [-0.3, -0.25) is 23.9 Å². The summed E-state index contributed by atoms with van der Waals surface area (Å²) in [5, 5.41) is 7.97. The second-order valence-corrected chi connectivity index (χ2v) is 15.2. The number of nitrogens with one attached hydrogen (secondary N) is 3. The first-order valence-electron chi connectivity index (χ1n) is 17.6. The molecule has 3 atom stereocenters. The molecule has 2 aromatic heterocycles. The van der Waals surface area contributed by atoms with Gasteiger partial charge >= 0.3 is 0 Å². The Morgan fingerprint density at radius 3 is 2.55 bits per heavy atom. The van der Waals surface area contributed by atoms with Gasteiger partial charge in [0, 0.05) is 42.4 Å². The van der Waals surface area contributed by atoms with Crippen molar-refractivity contribution in [2.75, 3.05) is 20.3 Å². The molecular weight excluding hydrogens is 673 g/mol. The summed E-state index contributed by atoms with van der Waals surface area (Å²) in [6.45, 7) is 12.4. The fourth-order valence-electron chi connectivity index (χ4n) is 5.65. The number of carbonyl (C=O) groups is 3. The third-order valence-electron chi connectivity index (χ3n) is 9.23. The number of hydrogen-bond acceptors (Lipinski definition) is 8. The van der Waals surface area contributed by atoms with Gasteiger partial charge in [0.15, 0.2) is 5.43 Å². The van der Waals surface area contributed by atoms with E-state index in [0.29, 0.717) is 36.8 Å². The van der Waals surface area contributed by atoms with Crippen LogP contribution in [0.2, 0.25) is 0 Å². The van der Waals surface area contributed by atoms with Crippen molar-refractivity contribution in [2.24, 2.45) is 0 Å². The quantitative estimate of drug-likeness (QED) is 0.126. The molecule has 2 unspecified atom stereocenters. The Bertz CT molecular complexity index is 1760. The van der Waals surface area contributed by atoms with E-state index in [-0.39, 0.29) is 28.0 Å². The molecule has 3 aromatic rings. The number of likely N-dealkylation sites (tertiary alicyclic amines) is 1. The molecule has 2 saturated carbocycles. The summed E-state index contributed by atoms with van der Waals surface area (Å²) < 4.78 is 25.6. The SMILES string of the molecule is C=CCCCCO[C@H](C)C(=O)N1CCCC1C(=O)NC1CC1.CC1(S(=O)NC=O)CC1.COc1ccc2c(=O)cc(-n3ccc(C)n3)[nH]c2c1C. The molecule has 1 saturated heterocycles. The van der Waals surface area contributed by atoms with Crippen LogP contribution in [0.5, 0.6) is 5.75 Å². The first-order valence-corrected chi connectivity index (χ1v) is 18.8. The average Bonchev–Trinajstić information content (AvgIpc) is 3.98. The summed E-state index contributed by atoms with van der Waals surface area (Å²) in [6, 6.07) is 7.06. The van der Waals surface area contributed by atoms with Gasteiger partial charge in [-0.25, -0.2) is 8.89 Å². The molecule has 0 radical (unpaired) electrons. The van der Waals surface area contributed by atoms with Crippen molar-refractivity contribution in [3.63, 3.8) is 0 Å². The number of allylic oxidation sites excluding steroid dienone is 1. The molecule has 13 nitrogen and oxygen atoms in total. The molecule has 3 fully saturated rings. The van der Waals surface area contributed by atoms with Crippen LogP contribution in [0.1, 0.15) is 82.9 Å². The molecule has 3 heterocycles. The summed E-state index contributed by atoms with van der Waals surface area (Å²) in [5.41, 5.74) is 2.55. The zero-order valence-corrected chi connectivity index (χ0v) is 31.2. The highest BCUT2D eigenvalue weighted by Gasteiger charge is 2.44. The number of ether oxygens (including phenoxy) is 2. The number of methoxy groups -OCH3 is 1. The van der Waals surface area contributed by atoms with Crippen molar-refractivity contribution < 1.29 is 28.1 Å². The first kappa shape index (κ1) is 39.5. The molecule has 6 rings (SSSR count). The Kier molecular flexibility index (Phi) is 14.1. The Labute approximate surface area is 302 Å². The van der Waals surface area contributed by atoms with Crippen LogP contribution in [0.3, 0.4) is 0 Å². The standard InChI is InChI=1S/C17H28N2O3.C15H15N3O2.C5H9NO2S/c1-3-4-5-6-12-22-13(2)17(21)19-11-7-8-15(19)16(20)18-14-9-10-14;1-9-6-7-18(17-9)14-8-12(19)11-4-5-13(20-3)10(2)15(11)16-14;1-5(2-3-5)9(8)6-4-7/h3,13-15H,1,4-12H2,2H3,(H,18,20);4-8H,1-3H3,(H,16,19);4H,2-3H2,1H3,(H,6,7)/t13-,15?;;/m1../s1. The molecule has 51 heavy (non-hydrogen) atoms. The van der Waals surface area contributed by atoms with Crippen LogP contribution < -0.4 is 20.2 Å². The Balaban J connectivity index is 0.000000185. The average molecular weight is 725 g/mol. The smallest absolute Gasteiger partial charge is 0.252 e. The Hall–Kier alpha value is -4.30. The highest BCUT2D eigenvalue weighted by Crippen LogP contribution is 2.39. The molecule has 14 heteroatoms. The van der Waals surface area contributed by atoms with Crippen LogP contribution >= 0.6 is 0 Å². The lowest BCUT2D eigenvalue weighted by Gasteiger charge is -2.26. The van der Waals surface area contributed by atoms with Crippen LogP contribution in [0.4, 0.5) is 0 Å². The molecule has 2 aliphatic carbocycles. The number of aromatic nitrogens is 3. The lowest BCUT2D eigenvalue weighted by Crippen LogP contribution is -2.49. The van der Waals surface area contributed by atoms with Crippen molar-refractivity contribution >= 4 is 40.1 Å². The normalized spacial score (nSPS) is 18.3. The van der Waals surface area contributed by atoms with E-state index in [2.05, 4.69) is 26.7 Å². The van der Waals surface area contributed by atoms with Crippen LogP contribution in [-0.4, -0.2) is 85.3 Å². The van der Waals surface area contributed by atoms with Gasteiger partial charge in [0.25, 0.3) is 5.91 Å². The predicted molar refractivity (Wildman–Crippen MR) is 198 cm³/mol. The number of carbonyl (C=O) groups excluding carboxylic acids is 3. The molecule has 0 bridgehead atoms. The van der Waals surface area contributed by atoms with E-state index in [4.69, 9.17) is 9.47 Å². The molecule has 278 valence electrons. The summed E-state index contributed by atoms with van der Waals surface area (Å²) in [7, 11) is 0.474. The molecule has 3 N–H and O–H groups in total. The number of H-pyrrole nitrogens is 1. The van der Waals surface area contributed by atoms with E-state index in [1.165, 1.54) is 0 Å². The maximum atomic E-state index is 12.5. The molecule has 3 amide bonds. The van der Waals surface area contributed by atoms with Crippen molar-refractivity contribution in [1.29, 1.82) is 0 Å². The molecular formula is C37H52N6O7S. The molecule has 1 aliphatic heterocycles. The largest absolute Gasteiger partial charge is 0.496 e. The Morgan fingerprint density at radius 2 is 1.94 bits per heavy atom. The van der Waals surface area contributed by atoms with E-state index in [0.717, 1.165) is 80.3 Å². The summed E-state index contributed by atoms with van der Waals surface area (Å²) >= 11 is 0. The minimum absolute atomic E-state index is 0.00605. The fourth-order valence-corrected chi connectivity index (χ4v) is 6.49. The number of pyridine rings is 1. The van der Waals surface area contributed by atoms with Crippen LogP contribution in [0, 0.1) is 13.8 Å². The highest BCUT2D eigenvalue weighted by molar-refractivity contribution is 7.85. The number of hydrogen-bond donors (Lipinski definition) is 3. The van der Waals surface area contributed by atoms with Gasteiger partial charge in [-0.2, -0.15) is 5.10 Å². The van der Waals surface area contributed by atoms with Crippen molar-refractivity contribution in [3.8, 4) is 11.6 Å². The zero-order valence-electron chi connectivity index (χ0n) is 30.4. The second-order valence-electron chi connectivity index (χ2n) is 13.5. The molecule has 0 spiro atoms. The summed E-state index contributed by atoms with van der Waals surface area (Å²) in [6.07, 6.45) is 12.4. The van der Waals surface area contributed by atoms with E-state index in [9.17, 15) is 23.4 Å². The van der Waals surface area contributed by atoms with Gasteiger partial charge < -0.3 is 24.7 Å². The van der Waals surface area contributed by atoms with Crippen LogP contribution in [0.25, 0.3) is 16.7 Å². The summed E-state index contributed by atoms with van der Waals surface area (Å²) in [5.74, 6) is 1.34. The number of amides is 3. The number of aromatic amines is 1. The lowest BCUT2D eigenvalue weighted by atomic mass is 10.1. The molecule has 1 aromatic carbocycles. The van der Waals surface area contributed by atoms with Crippen molar-refractivity contribution in [2.45, 2.75) is 108 Å². The maximum Gasteiger partial charge on any atom is 0.252 e. The number of nitrogens with zero attached hydrogens (tertiary/aromatic N) is 3. The monoisotopic (exact) mass is 724 g/mol. The van der Waals surface area contributed by atoms with E-state index < -0.39 is 17.1 Å². The van der Waals surface area contributed by atoms with Gasteiger partial charge in [-0.05, 0) is 104 Å². The number of unbranched alkanes of at least 4 members (excludes halogenated alkanes) is 2. The number of fused-ring (bicyclic) bond motifs is 1. The lowest BCUT2D eigenvalue weighted by molar-refractivity contribution is -0.147. The Morgan fingerprint density at radius 1 is 1.20 bits per heavy atom. The van der Waals surface area contributed by atoms with Crippen molar-refractivity contribution in [1.82, 2.24) is 29.7 Å². The van der Waals surface area contributed by atoms with E-state index >= 15 is 0 Å². The van der Waals surface area contributed by atoms with Gasteiger partial charge in [0.05, 0.1) is 23.1 Å². The minimum Gasteiger partial charge on any atom is -0.496 e. The highest BCUT2D eigenvalue weighted by atomic mass is 32.2.